The number of aliphatic hydroxyl groups is 3. The summed E-state index contributed by atoms with van der Waals surface area (Å²) >= 11 is 0. The SMILES string of the molecule is C=C(C)C(=O)OCC(CO)(CO)CO.O=C(O)CCC(=O)O. The Bertz CT molecular complexity index is 363. The Labute approximate surface area is 127 Å². The molecule has 0 spiro atoms. The molecule has 5 N–H and O–H groups in total. The summed E-state index contributed by atoms with van der Waals surface area (Å²) in [5.74, 6) is -2.76. The number of carbonyl (C=O) groups excluding carboxylic acids is 1. The van der Waals surface area contributed by atoms with Crippen molar-refractivity contribution in [1.29, 1.82) is 0 Å². The van der Waals surface area contributed by atoms with Crippen molar-refractivity contribution < 1.29 is 44.7 Å². The number of hydrogen-bond acceptors (Lipinski definition) is 7. The Morgan fingerprint density at radius 1 is 0.955 bits per heavy atom. The molecule has 0 aromatic carbocycles. The van der Waals surface area contributed by atoms with Gasteiger partial charge in [-0.15, -0.1) is 0 Å². The molecular formula is C13H22O9. The summed E-state index contributed by atoms with van der Waals surface area (Å²) in [6.07, 6.45) is -0.593. The van der Waals surface area contributed by atoms with E-state index in [1.54, 1.807) is 0 Å². The summed E-state index contributed by atoms with van der Waals surface area (Å²) in [6, 6.07) is 0. The Kier molecular flexibility index (Phi) is 11.8. The lowest BCUT2D eigenvalue weighted by molar-refractivity contribution is -0.146. The van der Waals surface area contributed by atoms with Gasteiger partial charge in [0, 0.05) is 5.57 Å². The highest BCUT2D eigenvalue weighted by atomic mass is 16.5. The van der Waals surface area contributed by atoms with Gasteiger partial charge in [-0.3, -0.25) is 9.59 Å². The van der Waals surface area contributed by atoms with E-state index >= 15 is 0 Å². The van der Waals surface area contributed by atoms with Crippen molar-refractivity contribution in [2.75, 3.05) is 26.4 Å². The van der Waals surface area contributed by atoms with Crippen LogP contribution >= 0.6 is 0 Å². The summed E-state index contributed by atoms with van der Waals surface area (Å²) in [7, 11) is 0. The van der Waals surface area contributed by atoms with E-state index in [1.807, 2.05) is 0 Å². The van der Waals surface area contributed by atoms with Crippen molar-refractivity contribution in [2.24, 2.45) is 5.41 Å². The molecule has 0 amide bonds. The molecule has 0 saturated heterocycles. The van der Waals surface area contributed by atoms with E-state index in [4.69, 9.17) is 30.3 Å². The minimum atomic E-state index is -1.18. The van der Waals surface area contributed by atoms with Gasteiger partial charge in [0.1, 0.15) is 6.61 Å². The van der Waals surface area contributed by atoms with Crippen LogP contribution < -0.4 is 0 Å². The van der Waals surface area contributed by atoms with Crippen LogP contribution in [0.5, 0.6) is 0 Å². The molecule has 0 atom stereocenters. The lowest BCUT2D eigenvalue weighted by Gasteiger charge is -2.26. The summed E-state index contributed by atoms with van der Waals surface area (Å²) in [5, 5.41) is 42.5. The second-order valence-corrected chi connectivity index (χ2v) is 4.62. The summed E-state index contributed by atoms with van der Waals surface area (Å²) in [5.41, 5.74) is -0.946. The number of aliphatic carboxylic acids is 2. The van der Waals surface area contributed by atoms with Gasteiger partial charge in [-0.1, -0.05) is 6.58 Å². The van der Waals surface area contributed by atoms with Crippen LogP contribution in [0.15, 0.2) is 12.2 Å². The van der Waals surface area contributed by atoms with Crippen LogP contribution in [0.1, 0.15) is 19.8 Å². The van der Waals surface area contributed by atoms with E-state index in [1.165, 1.54) is 6.92 Å². The molecule has 128 valence electrons. The van der Waals surface area contributed by atoms with Crippen LogP contribution in [0.3, 0.4) is 0 Å². The maximum Gasteiger partial charge on any atom is 0.333 e. The van der Waals surface area contributed by atoms with Crippen LogP contribution in [0, 0.1) is 5.41 Å². The quantitative estimate of drug-likeness (QED) is 0.265. The Balaban J connectivity index is 0. The van der Waals surface area contributed by atoms with Gasteiger partial charge in [0.05, 0.1) is 38.1 Å². The topological polar surface area (TPSA) is 162 Å². The zero-order valence-electron chi connectivity index (χ0n) is 12.3. The third-order valence-corrected chi connectivity index (χ3v) is 2.42. The molecule has 0 heterocycles. The van der Waals surface area contributed by atoms with Crippen molar-refractivity contribution >= 4 is 17.9 Å². The van der Waals surface area contributed by atoms with Gasteiger partial charge in [-0.05, 0) is 6.92 Å². The number of esters is 1. The van der Waals surface area contributed by atoms with Gasteiger partial charge in [0.25, 0.3) is 0 Å². The van der Waals surface area contributed by atoms with E-state index in [9.17, 15) is 14.4 Å². The highest BCUT2D eigenvalue weighted by Gasteiger charge is 2.30. The van der Waals surface area contributed by atoms with Gasteiger partial charge in [0.15, 0.2) is 0 Å². The Morgan fingerprint density at radius 2 is 1.32 bits per heavy atom. The Hall–Kier alpha value is -1.97. The lowest BCUT2D eigenvalue weighted by Crippen LogP contribution is -2.39. The van der Waals surface area contributed by atoms with Crippen LogP contribution in [-0.4, -0.2) is 69.9 Å². The second-order valence-electron chi connectivity index (χ2n) is 4.62. The van der Waals surface area contributed by atoms with Gasteiger partial charge in [-0.2, -0.15) is 0 Å². The maximum atomic E-state index is 11.0. The average molecular weight is 322 g/mol. The summed E-state index contributed by atoms with van der Waals surface area (Å²) < 4.78 is 4.72. The highest BCUT2D eigenvalue weighted by molar-refractivity contribution is 5.86. The fraction of sp³-hybridized carbons (Fsp3) is 0.615. The Morgan fingerprint density at radius 3 is 1.55 bits per heavy atom. The van der Waals surface area contributed by atoms with Crippen LogP contribution in [-0.2, 0) is 19.1 Å². The molecule has 0 fully saturated rings. The number of carboxylic acid groups (broad SMARTS) is 2. The molecule has 0 rings (SSSR count). The van der Waals surface area contributed by atoms with Crippen LogP contribution in [0.4, 0.5) is 0 Å². The van der Waals surface area contributed by atoms with Gasteiger partial charge in [0.2, 0.25) is 0 Å². The molecule has 9 nitrogen and oxygen atoms in total. The van der Waals surface area contributed by atoms with Crippen molar-refractivity contribution in [3.05, 3.63) is 12.2 Å². The first-order chi connectivity index (χ1) is 10.1. The molecule has 0 unspecified atom stereocenters. The molecule has 0 aliphatic rings. The fourth-order valence-electron chi connectivity index (χ4n) is 0.843. The molecule has 22 heavy (non-hydrogen) atoms. The minimum absolute atomic E-state index is 0.229. The normalized spacial score (nSPS) is 10.2. The smallest absolute Gasteiger partial charge is 0.333 e. The first kappa shape index (κ1) is 22.3. The standard InChI is InChI=1S/C9H16O5.C4H6O4/c1-7(2)8(13)14-6-9(3-10,4-11)5-12;5-3(6)1-2-4(7)8/h10-12H,1,3-6H2,2H3;1-2H2,(H,5,6)(H,7,8). The molecule has 0 aromatic rings. The average Bonchev–Trinajstić information content (AvgIpc) is 2.47. The molecule has 0 aliphatic heterocycles. The molecular weight excluding hydrogens is 300 g/mol. The number of hydrogen-bond donors (Lipinski definition) is 5. The lowest BCUT2D eigenvalue weighted by atomic mass is 9.93. The maximum absolute atomic E-state index is 11.0. The van der Waals surface area contributed by atoms with E-state index in [0.29, 0.717) is 0 Å². The minimum Gasteiger partial charge on any atom is -0.481 e. The summed E-state index contributed by atoms with van der Waals surface area (Å²) in [4.78, 5) is 30.3. The first-order valence-electron chi connectivity index (χ1n) is 6.23. The van der Waals surface area contributed by atoms with Gasteiger partial charge >= 0.3 is 17.9 Å². The number of ether oxygens (including phenoxy) is 1. The monoisotopic (exact) mass is 322 g/mol. The second kappa shape index (κ2) is 11.7. The van der Waals surface area contributed by atoms with Crippen molar-refractivity contribution in [1.82, 2.24) is 0 Å². The molecule has 0 radical (unpaired) electrons. The van der Waals surface area contributed by atoms with E-state index in [2.05, 4.69) is 6.58 Å². The van der Waals surface area contributed by atoms with E-state index < -0.39 is 43.1 Å². The fourth-order valence-corrected chi connectivity index (χ4v) is 0.843. The molecule has 0 bridgehead atoms. The van der Waals surface area contributed by atoms with Gasteiger partial charge in [-0.25, -0.2) is 4.79 Å². The third-order valence-electron chi connectivity index (χ3n) is 2.42. The third kappa shape index (κ3) is 10.8. The largest absolute Gasteiger partial charge is 0.481 e. The van der Waals surface area contributed by atoms with Crippen molar-refractivity contribution in [3.63, 3.8) is 0 Å². The zero-order chi connectivity index (χ0) is 17.8. The predicted molar refractivity (Wildman–Crippen MR) is 74.0 cm³/mol. The van der Waals surface area contributed by atoms with E-state index in [-0.39, 0.29) is 25.0 Å². The number of carboxylic acids is 2. The number of rotatable bonds is 9. The molecule has 9 heteroatoms. The summed E-state index contributed by atoms with van der Waals surface area (Å²) in [6.45, 7) is 3.26. The molecule has 0 aromatic heterocycles. The molecule has 0 aliphatic carbocycles. The zero-order valence-corrected chi connectivity index (χ0v) is 12.3. The first-order valence-corrected chi connectivity index (χ1v) is 6.23. The van der Waals surface area contributed by atoms with Crippen LogP contribution in [0.25, 0.3) is 0 Å². The van der Waals surface area contributed by atoms with Gasteiger partial charge < -0.3 is 30.3 Å². The predicted octanol–water partition coefficient (Wildman–Crippen LogP) is -0.995. The number of carbonyl (C=O) groups is 3. The van der Waals surface area contributed by atoms with Crippen molar-refractivity contribution in [3.8, 4) is 0 Å². The number of aliphatic hydroxyl groups excluding tert-OH is 3. The van der Waals surface area contributed by atoms with Crippen LogP contribution in [0.2, 0.25) is 0 Å². The van der Waals surface area contributed by atoms with E-state index in [0.717, 1.165) is 0 Å². The van der Waals surface area contributed by atoms with Crippen molar-refractivity contribution in [2.45, 2.75) is 19.8 Å². The molecule has 0 saturated carbocycles. The highest BCUT2D eigenvalue weighted by Crippen LogP contribution is 2.15.